The van der Waals surface area contributed by atoms with Crippen molar-refractivity contribution in [2.45, 2.75) is 57.5 Å². The maximum absolute atomic E-state index is 13.8. The predicted molar refractivity (Wildman–Crippen MR) is 143 cm³/mol. The van der Waals surface area contributed by atoms with E-state index in [1.165, 1.54) is 4.90 Å². The summed E-state index contributed by atoms with van der Waals surface area (Å²) < 4.78 is 12.0. The first-order valence-corrected chi connectivity index (χ1v) is 15.0. The number of carbonyl (C=O) groups is 2. The van der Waals surface area contributed by atoms with Gasteiger partial charge in [0, 0.05) is 0 Å². The summed E-state index contributed by atoms with van der Waals surface area (Å²) in [6, 6.07) is 19.3. The standard InChI is InChI=1S/C29H37NO4Si/c1-7-25(27(31)30-24(21-33-28(30)32)20-23-16-12-9-13-17-23)26(34-35(5,6)29(2,3)4)19-18-22-14-10-8-11-15-22/h7-19,24-26H,1,20-21H2,2-6H3/b19-18+/t24-,25-,26+/m0/s1. The molecule has 2 aromatic rings. The molecule has 5 nitrogen and oxygen atoms in total. The van der Waals surface area contributed by atoms with Crippen molar-refractivity contribution in [1.82, 2.24) is 4.90 Å². The van der Waals surface area contributed by atoms with Gasteiger partial charge in [0.25, 0.3) is 0 Å². The molecule has 1 aliphatic heterocycles. The van der Waals surface area contributed by atoms with Crippen LogP contribution in [0.3, 0.4) is 0 Å². The molecule has 1 fully saturated rings. The molecule has 1 aliphatic rings. The predicted octanol–water partition coefficient (Wildman–Crippen LogP) is 6.48. The van der Waals surface area contributed by atoms with Crippen LogP contribution in [0.1, 0.15) is 31.9 Å². The summed E-state index contributed by atoms with van der Waals surface area (Å²) in [6.07, 6.45) is 4.85. The van der Waals surface area contributed by atoms with Gasteiger partial charge in [-0.2, -0.15) is 0 Å². The Labute approximate surface area is 210 Å². The Morgan fingerprint density at radius 1 is 1.14 bits per heavy atom. The Bertz CT molecular complexity index is 1040. The number of imide groups is 1. The molecule has 0 N–H and O–H groups in total. The first kappa shape index (κ1) is 26.6. The van der Waals surface area contributed by atoms with Crippen molar-refractivity contribution in [3.05, 3.63) is 90.5 Å². The maximum atomic E-state index is 13.8. The van der Waals surface area contributed by atoms with E-state index in [-0.39, 0.29) is 23.6 Å². The van der Waals surface area contributed by atoms with Crippen molar-refractivity contribution >= 4 is 26.4 Å². The van der Waals surface area contributed by atoms with Crippen LogP contribution in [-0.2, 0) is 20.4 Å². The molecule has 1 saturated heterocycles. The van der Waals surface area contributed by atoms with E-state index in [2.05, 4.69) is 40.4 Å². The number of rotatable bonds is 9. The molecule has 35 heavy (non-hydrogen) atoms. The summed E-state index contributed by atoms with van der Waals surface area (Å²) >= 11 is 0. The van der Waals surface area contributed by atoms with E-state index >= 15 is 0 Å². The lowest BCUT2D eigenvalue weighted by atomic mass is 9.98. The fraction of sp³-hybridized carbons (Fsp3) is 0.379. The van der Waals surface area contributed by atoms with Crippen LogP contribution in [0.25, 0.3) is 6.08 Å². The minimum Gasteiger partial charge on any atom is -0.447 e. The van der Waals surface area contributed by atoms with Crippen molar-refractivity contribution in [3.63, 3.8) is 0 Å². The number of benzene rings is 2. The second kappa shape index (κ2) is 11.2. The van der Waals surface area contributed by atoms with Crippen LogP contribution in [0.5, 0.6) is 0 Å². The number of carbonyl (C=O) groups excluding carboxylic acids is 2. The van der Waals surface area contributed by atoms with Crippen molar-refractivity contribution < 1.29 is 18.8 Å². The number of nitrogens with zero attached hydrogens (tertiary/aromatic N) is 1. The summed E-state index contributed by atoms with van der Waals surface area (Å²) in [6.45, 7) is 14.9. The Kier molecular flexibility index (Phi) is 8.51. The highest BCUT2D eigenvalue weighted by molar-refractivity contribution is 6.74. The molecule has 0 radical (unpaired) electrons. The van der Waals surface area contributed by atoms with Gasteiger partial charge >= 0.3 is 6.09 Å². The van der Waals surface area contributed by atoms with Crippen LogP contribution >= 0.6 is 0 Å². The van der Waals surface area contributed by atoms with Gasteiger partial charge < -0.3 is 9.16 Å². The Morgan fingerprint density at radius 3 is 2.31 bits per heavy atom. The SMILES string of the molecule is C=C[C@H](C(=O)N1C(=O)OC[C@@H]1Cc1ccccc1)[C@@H](/C=C/c1ccccc1)O[Si](C)(C)C(C)(C)C. The number of ether oxygens (including phenoxy) is 1. The monoisotopic (exact) mass is 491 g/mol. The molecule has 0 bridgehead atoms. The minimum atomic E-state index is -2.25. The molecule has 2 aromatic carbocycles. The first-order chi connectivity index (χ1) is 16.5. The quantitative estimate of drug-likeness (QED) is 0.297. The van der Waals surface area contributed by atoms with Gasteiger partial charge in [-0.15, -0.1) is 6.58 Å². The molecule has 186 valence electrons. The third-order valence-electron chi connectivity index (χ3n) is 6.92. The molecule has 2 amide bonds. The average molecular weight is 492 g/mol. The molecule has 0 unspecified atom stereocenters. The molecule has 3 rings (SSSR count). The van der Waals surface area contributed by atoms with Crippen molar-refractivity contribution in [1.29, 1.82) is 0 Å². The van der Waals surface area contributed by atoms with E-state index < -0.39 is 26.4 Å². The normalized spacial score (nSPS) is 18.4. The molecular weight excluding hydrogens is 454 g/mol. The molecule has 0 aromatic heterocycles. The summed E-state index contributed by atoms with van der Waals surface area (Å²) in [5.74, 6) is -1.07. The number of cyclic esters (lactones) is 1. The zero-order chi connectivity index (χ0) is 25.6. The number of hydrogen-bond donors (Lipinski definition) is 0. The van der Waals surface area contributed by atoms with Gasteiger partial charge in [0.05, 0.1) is 18.1 Å². The highest BCUT2D eigenvalue weighted by atomic mass is 28.4. The van der Waals surface area contributed by atoms with E-state index in [4.69, 9.17) is 9.16 Å². The molecule has 0 spiro atoms. The Morgan fingerprint density at radius 2 is 1.74 bits per heavy atom. The minimum absolute atomic E-state index is 0.0526. The van der Waals surface area contributed by atoms with E-state index in [1.54, 1.807) is 6.08 Å². The van der Waals surface area contributed by atoms with Crippen molar-refractivity contribution in [2.75, 3.05) is 6.61 Å². The zero-order valence-corrected chi connectivity index (χ0v) is 22.4. The van der Waals surface area contributed by atoms with Gasteiger partial charge in [0.1, 0.15) is 6.61 Å². The second-order valence-electron chi connectivity index (χ2n) is 10.5. The topological polar surface area (TPSA) is 55.8 Å². The van der Waals surface area contributed by atoms with Gasteiger partial charge in [-0.25, -0.2) is 9.69 Å². The summed E-state index contributed by atoms with van der Waals surface area (Å²) in [4.78, 5) is 27.8. The van der Waals surface area contributed by atoms with Crippen LogP contribution in [0.15, 0.2) is 79.4 Å². The summed E-state index contributed by atoms with van der Waals surface area (Å²) in [5.41, 5.74) is 2.05. The Hall–Kier alpha value is -2.96. The number of amides is 2. The molecular formula is C29H37NO4Si. The molecule has 0 saturated carbocycles. The Balaban J connectivity index is 1.91. The first-order valence-electron chi connectivity index (χ1n) is 12.1. The van der Waals surface area contributed by atoms with Gasteiger partial charge in [0.15, 0.2) is 8.32 Å². The summed E-state index contributed by atoms with van der Waals surface area (Å²) in [7, 11) is -2.25. The second-order valence-corrected chi connectivity index (χ2v) is 15.3. The van der Waals surface area contributed by atoms with Gasteiger partial charge in [-0.1, -0.05) is 99.7 Å². The van der Waals surface area contributed by atoms with Crippen molar-refractivity contribution in [2.24, 2.45) is 5.92 Å². The van der Waals surface area contributed by atoms with E-state index in [1.807, 2.05) is 72.8 Å². The highest BCUT2D eigenvalue weighted by Gasteiger charge is 2.45. The smallest absolute Gasteiger partial charge is 0.417 e. The largest absolute Gasteiger partial charge is 0.447 e. The maximum Gasteiger partial charge on any atom is 0.417 e. The van der Waals surface area contributed by atoms with Crippen LogP contribution in [0.4, 0.5) is 4.79 Å². The van der Waals surface area contributed by atoms with Crippen LogP contribution in [-0.4, -0.2) is 44.0 Å². The fourth-order valence-corrected chi connectivity index (χ4v) is 5.08. The third-order valence-corrected chi connectivity index (χ3v) is 11.4. The lowest BCUT2D eigenvalue weighted by molar-refractivity contribution is -0.133. The molecule has 1 heterocycles. The van der Waals surface area contributed by atoms with E-state index in [9.17, 15) is 9.59 Å². The van der Waals surface area contributed by atoms with Crippen LogP contribution in [0.2, 0.25) is 18.1 Å². The molecule has 3 atom stereocenters. The highest BCUT2D eigenvalue weighted by Crippen LogP contribution is 2.39. The van der Waals surface area contributed by atoms with Crippen LogP contribution in [0, 0.1) is 5.92 Å². The lowest BCUT2D eigenvalue weighted by Gasteiger charge is -2.40. The average Bonchev–Trinajstić information content (AvgIpc) is 3.17. The zero-order valence-electron chi connectivity index (χ0n) is 21.4. The lowest BCUT2D eigenvalue weighted by Crippen LogP contribution is -2.50. The van der Waals surface area contributed by atoms with Gasteiger partial charge in [0.2, 0.25) is 5.91 Å². The van der Waals surface area contributed by atoms with E-state index in [0.29, 0.717) is 6.42 Å². The van der Waals surface area contributed by atoms with Crippen LogP contribution < -0.4 is 0 Å². The van der Waals surface area contributed by atoms with Crippen molar-refractivity contribution in [3.8, 4) is 0 Å². The molecule has 6 heteroatoms. The van der Waals surface area contributed by atoms with E-state index in [0.717, 1.165) is 11.1 Å². The fourth-order valence-electron chi connectivity index (χ4n) is 3.82. The molecule has 0 aliphatic carbocycles. The number of hydrogen-bond acceptors (Lipinski definition) is 4. The third kappa shape index (κ3) is 6.59. The van der Waals surface area contributed by atoms with Gasteiger partial charge in [-0.3, -0.25) is 4.79 Å². The van der Waals surface area contributed by atoms with Gasteiger partial charge in [-0.05, 0) is 35.7 Å². The summed E-state index contributed by atoms with van der Waals surface area (Å²) in [5, 5.41) is -0.0526.